The lowest BCUT2D eigenvalue weighted by atomic mass is 10.0. The van der Waals surface area contributed by atoms with Crippen LogP contribution in [0.25, 0.3) is 0 Å². The van der Waals surface area contributed by atoms with Crippen molar-refractivity contribution in [2.45, 2.75) is 59.0 Å². The summed E-state index contributed by atoms with van der Waals surface area (Å²) in [5.74, 6) is 1.34. The first-order chi connectivity index (χ1) is 9.58. The van der Waals surface area contributed by atoms with E-state index in [9.17, 15) is 0 Å². The molecule has 0 aliphatic carbocycles. The average molecular weight is 279 g/mol. The summed E-state index contributed by atoms with van der Waals surface area (Å²) < 4.78 is 2.05. The molecule has 0 amide bonds. The summed E-state index contributed by atoms with van der Waals surface area (Å²) in [6.07, 6.45) is 10.2. The summed E-state index contributed by atoms with van der Waals surface area (Å²) in [7, 11) is 0. The first-order valence-electron chi connectivity index (χ1n) is 7.60. The van der Waals surface area contributed by atoms with Crippen LogP contribution in [0.4, 0.5) is 0 Å². The summed E-state index contributed by atoms with van der Waals surface area (Å²) in [6.45, 7) is 8.35. The highest BCUT2D eigenvalue weighted by atomic mass is 15.1. The molecule has 1 unspecified atom stereocenters. The van der Waals surface area contributed by atoms with Gasteiger partial charge in [-0.15, -0.1) is 0 Å². The van der Waals surface area contributed by atoms with Gasteiger partial charge in [0.05, 0.1) is 6.33 Å². The fourth-order valence-electron chi connectivity index (χ4n) is 2.07. The third-order valence-corrected chi connectivity index (χ3v) is 3.23. The molecule has 20 heavy (non-hydrogen) atoms. The maximum absolute atomic E-state index is 5.89. The number of aromatic nitrogens is 2. The maximum Gasteiger partial charge on any atom is 0.188 e. The Hall–Kier alpha value is -1.52. The number of aryl methyl sites for hydroxylation is 1. The number of guanidine groups is 1. The summed E-state index contributed by atoms with van der Waals surface area (Å²) >= 11 is 0. The number of hydrogen-bond acceptors (Lipinski definition) is 2. The second kappa shape index (κ2) is 9.39. The van der Waals surface area contributed by atoms with Crippen LogP contribution in [0.3, 0.4) is 0 Å². The lowest BCUT2D eigenvalue weighted by molar-refractivity contribution is 0.493. The van der Waals surface area contributed by atoms with Crippen LogP contribution in [0, 0.1) is 5.92 Å². The van der Waals surface area contributed by atoms with Crippen molar-refractivity contribution in [2.24, 2.45) is 16.6 Å². The van der Waals surface area contributed by atoms with Gasteiger partial charge in [0.25, 0.3) is 0 Å². The molecule has 0 radical (unpaired) electrons. The molecule has 5 nitrogen and oxygen atoms in total. The van der Waals surface area contributed by atoms with Crippen LogP contribution in [-0.2, 0) is 6.54 Å². The summed E-state index contributed by atoms with van der Waals surface area (Å²) in [4.78, 5) is 8.36. The molecule has 0 spiro atoms. The van der Waals surface area contributed by atoms with E-state index in [0.29, 0.717) is 12.0 Å². The molecular weight excluding hydrogens is 250 g/mol. The van der Waals surface area contributed by atoms with E-state index in [4.69, 9.17) is 5.73 Å². The van der Waals surface area contributed by atoms with Crippen LogP contribution < -0.4 is 11.1 Å². The Morgan fingerprint density at radius 2 is 2.10 bits per heavy atom. The van der Waals surface area contributed by atoms with Gasteiger partial charge in [-0.2, -0.15) is 0 Å². The lowest BCUT2D eigenvalue weighted by Gasteiger charge is -2.15. The van der Waals surface area contributed by atoms with Gasteiger partial charge in [-0.25, -0.2) is 4.98 Å². The molecule has 5 heteroatoms. The second-order valence-electron chi connectivity index (χ2n) is 5.79. The molecule has 0 saturated heterocycles. The second-order valence-corrected chi connectivity index (χ2v) is 5.79. The third-order valence-electron chi connectivity index (χ3n) is 3.23. The normalized spacial score (nSPS) is 13.7. The Balaban J connectivity index is 2.10. The first kappa shape index (κ1) is 16.5. The summed E-state index contributed by atoms with van der Waals surface area (Å²) in [5, 5.41) is 3.26. The van der Waals surface area contributed by atoms with Gasteiger partial charge in [-0.05, 0) is 25.7 Å². The van der Waals surface area contributed by atoms with E-state index in [0.717, 1.165) is 31.8 Å². The fourth-order valence-corrected chi connectivity index (χ4v) is 2.07. The van der Waals surface area contributed by atoms with E-state index in [1.54, 1.807) is 6.20 Å². The van der Waals surface area contributed by atoms with E-state index in [1.165, 1.54) is 12.8 Å². The maximum atomic E-state index is 5.89. The van der Waals surface area contributed by atoms with Crippen molar-refractivity contribution >= 4 is 5.96 Å². The Bertz CT molecular complexity index is 370. The zero-order chi connectivity index (χ0) is 14.8. The molecule has 1 heterocycles. The predicted octanol–water partition coefficient (Wildman–Crippen LogP) is 2.39. The lowest BCUT2D eigenvalue weighted by Crippen LogP contribution is -2.38. The van der Waals surface area contributed by atoms with Crippen LogP contribution in [0.5, 0.6) is 0 Å². The van der Waals surface area contributed by atoms with Crippen molar-refractivity contribution in [3.05, 3.63) is 18.7 Å². The zero-order valence-corrected chi connectivity index (χ0v) is 13.0. The molecule has 1 aromatic rings. The fraction of sp³-hybridized carbons (Fsp3) is 0.733. The predicted molar refractivity (Wildman–Crippen MR) is 84.6 cm³/mol. The molecule has 1 aromatic heterocycles. The van der Waals surface area contributed by atoms with Crippen LogP contribution >= 0.6 is 0 Å². The molecule has 0 bridgehead atoms. The summed E-state index contributed by atoms with van der Waals surface area (Å²) in [6, 6.07) is 0.395. The zero-order valence-electron chi connectivity index (χ0n) is 13.0. The number of imidazole rings is 1. The van der Waals surface area contributed by atoms with Crippen molar-refractivity contribution in [1.82, 2.24) is 14.9 Å². The Morgan fingerprint density at radius 3 is 2.75 bits per heavy atom. The largest absolute Gasteiger partial charge is 0.370 e. The van der Waals surface area contributed by atoms with Gasteiger partial charge in [0.2, 0.25) is 0 Å². The first-order valence-corrected chi connectivity index (χ1v) is 7.60. The van der Waals surface area contributed by atoms with E-state index in [2.05, 4.69) is 36.1 Å². The minimum atomic E-state index is 0.395. The number of rotatable bonds is 9. The minimum absolute atomic E-state index is 0.395. The highest BCUT2D eigenvalue weighted by Crippen LogP contribution is 2.07. The monoisotopic (exact) mass is 279 g/mol. The average Bonchev–Trinajstić information content (AvgIpc) is 2.87. The van der Waals surface area contributed by atoms with Crippen molar-refractivity contribution in [3.63, 3.8) is 0 Å². The van der Waals surface area contributed by atoms with Gasteiger partial charge in [0, 0.05) is 31.5 Å². The molecule has 0 aliphatic heterocycles. The van der Waals surface area contributed by atoms with Gasteiger partial charge in [-0.3, -0.25) is 4.99 Å². The van der Waals surface area contributed by atoms with Crippen LogP contribution in [0.2, 0.25) is 0 Å². The van der Waals surface area contributed by atoms with Crippen molar-refractivity contribution in [1.29, 1.82) is 0 Å². The van der Waals surface area contributed by atoms with Gasteiger partial charge in [0.1, 0.15) is 0 Å². The van der Waals surface area contributed by atoms with Gasteiger partial charge in [-0.1, -0.05) is 26.7 Å². The van der Waals surface area contributed by atoms with Gasteiger partial charge >= 0.3 is 0 Å². The molecule has 0 aromatic carbocycles. The van der Waals surface area contributed by atoms with E-state index in [1.807, 2.05) is 17.1 Å². The molecule has 1 atom stereocenters. The summed E-state index contributed by atoms with van der Waals surface area (Å²) in [5.41, 5.74) is 5.89. The molecule has 1 rings (SSSR count). The van der Waals surface area contributed by atoms with Crippen molar-refractivity contribution in [2.75, 3.05) is 6.54 Å². The smallest absolute Gasteiger partial charge is 0.188 e. The highest BCUT2D eigenvalue weighted by molar-refractivity contribution is 5.78. The molecule has 3 N–H and O–H groups in total. The molecule has 0 saturated carbocycles. The molecule has 0 aliphatic rings. The topological polar surface area (TPSA) is 68.2 Å². The number of nitrogens with one attached hydrogen (secondary N) is 1. The van der Waals surface area contributed by atoms with Gasteiger partial charge in [0.15, 0.2) is 5.96 Å². The Kier molecular flexibility index (Phi) is 7.77. The standard InChI is InChI=1S/C15H29N5/c1-13(2)6-4-7-14(3)19-15(16)18-8-5-10-20-11-9-17-12-20/h9,11-14H,4-8,10H2,1-3H3,(H3,16,18,19). The highest BCUT2D eigenvalue weighted by Gasteiger charge is 2.03. The number of hydrogen-bond donors (Lipinski definition) is 2. The van der Waals surface area contributed by atoms with E-state index in [-0.39, 0.29) is 0 Å². The molecular formula is C15H29N5. The Morgan fingerprint density at radius 1 is 1.30 bits per heavy atom. The van der Waals surface area contributed by atoms with E-state index >= 15 is 0 Å². The SMILES string of the molecule is CC(C)CCCC(C)NC(N)=NCCCn1ccnc1. The molecule has 114 valence electrons. The van der Waals surface area contributed by atoms with Gasteiger partial charge < -0.3 is 15.6 Å². The Labute approximate surface area is 122 Å². The third kappa shape index (κ3) is 7.81. The molecule has 0 fully saturated rings. The minimum Gasteiger partial charge on any atom is -0.370 e. The number of aliphatic imine (C=N–C) groups is 1. The number of nitrogens with zero attached hydrogens (tertiary/aromatic N) is 3. The number of nitrogens with two attached hydrogens (primary N) is 1. The quantitative estimate of drug-likeness (QED) is 0.414. The van der Waals surface area contributed by atoms with Crippen molar-refractivity contribution in [3.8, 4) is 0 Å². The van der Waals surface area contributed by atoms with Crippen LogP contribution in [0.15, 0.2) is 23.7 Å². The van der Waals surface area contributed by atoms with Crippen molar-refractivity contribution < 1.29 is 0 Å². The van der Waals surface area contributed by atoms with E-state index < -0.39 is 0 Å². The van der Waals surface area contributed by atoms with Crippen LogP contribution in [0.1, 0.15) is 46.5 Å². The van der Waals surface area contributed by atoms with Crippen LogP contribution in [-0.4, -0.2) is 28.1 Å².